The van der Waals surface area contributed by atoms with Crippen molar-refractivity contribution in [2.24, 2.45) is 0 Å². The van der Waals surface area contributed by atoms with Crippen LogP contribution in [0.4, 0.5) is 0 Å². The topological polar surface area (TPSA) is 45.5 Å². The fourth-order valence-corrected chi connectivity index (χ4v) is 2.90. The summed E-state index contributed by atoms with van der Waals surface area (Å²) in [6.07, 6.45) is 5.79. The van der Waals surface area contributed by atoms with Crippen molar-refractivity contribution >= 4 is 28.6 Å². The number of aromatic nitrogens is 1. The van der Waals surface area contributed by atoms with E-state index < -0.39 is 5.97 Å². The van der Waals surface area contributed by atoms with Crippen molar-refractivity contribution in [3.63, 3.8) is 0 Å². The molecule has 1 aliphatic heterocycles. The highest BCUT2D eigenvalue weighted by atomic mass is 127. The largest absolute Gasteiger partial charge is 0.477 e. The zero-order valence-electron chi connectivity index (χ0n) is 9.73. The molecule has 17 heavy (non-hydrogen) atoms. The van der Waals surface area contributed by atoms with Crippen LogP contribution in [0.25, 0.3) is 0 Å². The van der Waals surface area contributed by atoms with Crippen molar-refractivity contribution in [3.8, 4) is 0 Å². The van der Waals surface area contributed by atoms with Gasteiger partial charge in [0.05, 0.1) is 0 Å². The molecule has 0 bridgehead atoms. The minimum absolute atomic E-state index is 0.395. The second-order valence-corrected chi connectivity index (χ2v) is 5.69. The summed E-state index contributed by atoms with van der Waals surface area (Å²) >= 11 is 2.16. The predicted octanol–water partition coefficient (Wildman–Crippen LogP) is 2.28. The van der Waals surface area contributed by atoms with Gasteiger partial charge in [-0.25, -0.2) is 4.79 Å². The second-order valence-electron chi connectivity index (χ2n) is 4.44. The van der Waals surface area contributed by atoms with Crippen LogP contribution in [0.1, 0.15) is 29.8 Å². The molecule has 0 saturated carbocycles. The summed E-state index contributed by atoms with van der Waals surface area (Å²) in [5.74, 6) is -0.841. The summed E-state index contributed by atoms with van der Waals surface area (Å²) in [7, 11) is 0. The maximum Gasteiger partial charge on any atom is 0.352 e. The van der Waals surface area contributed by atoms with Gasteiger partial charge in [-0.2, -0.15) is 0 Å². The number of halogens is 1. The minimum Gasteiger partial charge on any atom is -0.477 e. The summed E-state index contributed by atoms with van der Waals surface area (Å²) in [4.78, 5) is 13.5. The van der Waals surface area contributed by atoms with Gasteiger partial charge < -0.3 is 14.6 Å². The van der Waals surface area contributed by atoms with Gasteiger partial charge in [0.25, 0.3) is 0 Å². The number of hydrogen-bond acceptors (Lipinski definition) is 2. The summed E-state index contributed by atoms with van der Waals surface area (Å²) < 4.78 is 2.83. The number of rotatable bonds is 4. The van der Waals surface area contributed by atoms with E-state index in [1.54, 1.807) is 6.07 Å². The van der Waals surface area contributed by atoms with E-state index in [4.69, 9.17) is 5.11 Å². The van der Waals surface area contributed by atoms with Gasteiger partial charge in [-0.1, -0.05) is 6.42 Å². The Bertz CT molecular complexity index is 397. The monoisotopic (exact) mass is 348 g/mol. The fourth-order valence-electron chi connectivity index (χ4n) is 2.27. The van der Waals surface area contributed by atoms with Crippen molar-refractivity contribution in [1.82, 2.24) is 9.47 Å². The highest BCUT2D eigenvalue weighted by Crippen LogP contribution is 2.13. The number of carboxylic acid groups (broad SMARTS) is 1. The van der Waals surface area contributed by atoms with E-state index in [0.29, 0.717) is 5.69 Å². The van der Waals surface area contributed by atoms with Gasteiger partial charge in [0.1, 0.15) is 5.69 Å². The van der Waals surface area contributed by atoms with Gasteiger partial charge in [0.2, 0.25) is 0 Å². The molecule has 1 aromatic rings. The third kappa shape index (κ3) is 3.45. The van der Waals surface area contributed by atoms with Gasteiger partial charge >= 0.3 is 5.97 Å². The first kappa shape index (κ1) is 12.9. The Morgan fingerprint density at radius 2 is 2.00 bits per heavy atom. The molecular weight excluding hydrogens is 331 g/mol. The van der Waals surface area contributed by atoms with E-state index in [0.717, 1.165) is 29.7 Å². The summed E-state index contributed by atoms with van der Waals surface area (Å²) in [5, 5.41) is 9.08. The smallest absolute Gasteiger partial charge is 0.352 e. The quantitative estimate of drug-likeness (QED) is 0.850. The second kappa shape index (κ2) is 5.86. The lowest BCUT2D eigenvalue weighted by atomic mass is 10.1. The Morgan fingerprint density at radius 3 is 2.65 bits per heavy atom. The van der Waals surface area contributed by atoms with Gasteiger partial charge in [0.15, 0.2) is 0 Å². The Balaban J connectivity index is 1.95. The fraction of sp³-hybridized carbons (Fsp3) is 0.583. The molecule has 1 fully saturated rings. The maximum absolute atomic E-state index is 11.0. The standard InChI is InChI=1S/C12H17IN2O2/c13-10-8-11(12(16)17)15(9-10)7-6-14-4-2-1-3-5-14/h8-9H,1-7H2,(H,16,17). The molecule has 2 rings (SSSR count). The summed E-state index contributed by atoms with van der Waals surface area (Å²) in [6.45, 7) is 4.03. The number of carboxylic acids is 1. The SMILES string of the molecule is O=C(O)c1cc(I)cn1CCN1CCCCC1. The Hall–Kier alpha value is -0.560. The van der Waals surface area contributed by atoms with Crippen molar-refractivity contribution in [1.29, 1.82) is 0 Å². The molecule has 94 valence electrons. The number of aromatic carboxylic acids is 1. The molecule has 0 aromatic carbocycles. The number of hydrogen-bond donors (Lipinski definition) is 1. The van der Waals surface area contributed by atoms with Crippen LogP contribution in [-0.2, 0) is 6.54 Å². The van der Waals surface area contributed by atoms with Crippen LogP contribution in [0, 0.1) is 3.57 Å². The highest BCUT2D eigenvalue weighted by molar-refractivity contribution is 14.1. The first-order chi connectivity index (χ1) is 8.16. The van der Waals surface area contributed by atoms with E-state index >= 15 is 0 Å². The summed E-state index contributed by atoms with van der Waals surface area (Å²) in [5.41, 5.74) is 0.395. The first-order valence-electron chi connectivity index (χ1n) is 5.98. The molecule has 0 radical (unpaired) electrons. The van der Waals surface area contributed by atoms with E-state index in [2.05, 4.69) is 27.5 Å². The number of piperidine rings is 1. The third-order valence-corrected chi connectivity index (χ3v) is 3.78. The molecule has 1 aliphatic rings. The van der Waals surface area contributed by atoms with Crippen LogP contribution < -0.4 is 0 Å². The molecule has 1 saturated heterocycles. The lowest BCUT2D eigenvalue weighted by molar-refractivity contribution is 0.0684. The average Bonchev–Trinajstić information content (AvgIpc) is 2.69. The van der Waals surface area contributed by atoms with E-state index in [9.17, 15) is 4.79 Å². The zero-order chi connectivity index (χ0) is 12.3. The van der Waals surface area contributed by atoms with Gasteiger partial charge in [-0.15, -0.1) is 0 Å². The van der Waals surface area contributed by atoms with Gasteiger partial charge in [-0.3, -0.25) is 0 Å². The van der Waals surface area contributed by atoms with Crippen molar-refractivity contribution in [2.75, 3.05) is 19.6 Å². The average molecular weight is 348 g/mol. The number of nitrogens with zero attached hydrogens (tertiary/aromatic N) is 2. The van der Waals surface area contributed by atoms with Gasteiger partial charge in [0, 0.05) is 22.9 Å². The molecule has 0 unspecified atom stereocenters. The molecule has 5 heteroatoms. The molecule has 2 heterocycles. The zero-order valence-corrected chi connectivity index (χ0v) is 11.9. The van der Waals surface area contributed by atoms with Crippen molar-refractivity contribution in [3.05, 3.63) is 21.5 Å². The van der Waals surface area contributed by atoms with Crippen molar-refractivity contribution < 1.29 is 9.90 Å². The normalized spacial score (nSPS) is 17.2. The Labute approximate surface area is 115 Å². The molecule has 4 nitrogen and oxygen atoms in total. The van der Waals surface area contributed by atoms with Crippen molar-refractivity contribution in [2.45, 2.75) is 25.8 Å². The van der Waals surface area contributed by atoms with Gasteiger partial charge in [-0.05, 0) is 54.6 Å². The molecule has 1 aromatic heterocycles. The van der Waals surface area contributed by atoms with Crippen LogP contribution in [0.5, 0.6) is 0 Å². The molecule has 1 N–H and O–H groups in total. The van der Waals surface area contributed by atoms with Crippen LogP contribution in [-0.4, -0.2) is 40.2 Å². The number of likely N-dealkylation sites (tertiary alicyclic amines) is 1. The molecule has 0 amide bonds. The minimum atomic E-state index is -0.841. The predicted molar refractivity (Wildman–Crippen MR) is 74.4 cm³/mol. The highest BCUT2D eigenvalue weighted by Gasteiger charge is 2.14. The van der Waals surface area contributed by atoms with E-state index in [-0.39, 0.29) is 0 Å². The van der Waals surface area contributed by atoms with Crippen LogP contribution in [0.2, 0.25) is 0 Å². The Morgan fingerprint density at radius 1 is 1.29 bits per heavy atom. The van der Waals surface area contributed by atoms with E-state index in [1.165, 1.54) is 19.3 Å². The van der Waals surface area contributed by atoms with Crippen LogP contribution in [0.3, 0.4) is 0 Å². The summed E-state index contributed by atoms with van der Waals surface area (Å²) in [6, 6.07) is 1.72. The lowest BCUT2D eigenvalue weighted by Gasteiger charge is -2.26. The third-order valence-electron chi connectivity index (χ3n) is 3.19. The van der Waals surface area contributed by atoms with E-state index in [1.807, 2.05) is 10.8 Å². The molecule has 0 atom stereocenters. The molecule has 0 aliphatic carbocycles. The Kier molecular flexibility index (Phi) is 4.44. The maximum atomic E-state index is 11.0. The number of carbonyl (C=O) groups is 1. The first-order valence-corrected chi connectivity index (χ1v) is 7.06. The van der Waals surface area contributed by atoms with Crippen LogP contribution >= 0.6 is 22.6 Å². The van der Waals surface area contributed by atoms with Crippen LogP contribution in [0.15, 0.2) is 12.3 Å². The molecule has 0 spiro atoms. The lowest BCUT2D eigenvalue weighted by Crippen LogP contribution is -2.32. The molecular formula is C12H17IN2O2.